The molecule has 132 valence electrons. The fourth-order valence-corrected chi connectivity index (χ4v) is 3.80. The van der Waals surface area contributed by atoms with Gasteiger partial charge in [-0.15, -0.1) is 0 Å². The molecule has 3 atom stereocenters. The molecule has 1 aromatic carbocycles. The summed E-state index contributed by atoms with van der Waals surface area (Å²) in [5, 5.41) is 2.85. The second kappa shape index (κ2) is 5.73. The van der Waals surface area contributed by atoms with Gasteiger partial charge in [0.2, 0.25) is 0 Å². The third kappa shape index (κ3) is 3.02. The normalized spacial score (nSPS) is 31.0. The molecule has 1 heterocycles. The Morgan fingerprint density at radius 3 is 2.46 bits per heavy atom. The van der Waals surface area contributed by atoms with Crippen LogP contribution in [0.3, 0.4) is 0 Å². The summed E-state index contributed by atoms with van der Waals surface area (Å²) in [5.74, 6) is 0. The van der Waals surface area contributed by atoms with Crippen LogP contribution in [-0.4, -0.2) is 40.9 Å². The maximum absolute atomic E-state index is 15.4. The van der Waals surface area contributed by atoms with Gasteiger partial charge in [0.25, 0.3) is 0 Å². The molecule has 1 amide bonds. The van der Waals surface area contributed by atoms with Crippen LogP contribution in [0, 0.1) is 0 Å². The quantitative estimate of drug-likeness (QED) is 0.913. The standard InChI is InChI=1S/C19H27FN2O2/c1-14(15-8-6-5-7-9-15)22-12-18(20)10-11-19(18,13-22)21-16(23)24-17(2,3)4/h5-9,14H,10-13H2,1-4H3,(H,21,23)/t14-,18-,19-/m1/s1. The lowest BCUT2D eigenvalue weighted by Gasteiger charge is -2.49. The average molecular weight is 334 g/mol. The van der Waals surface area contributed by atoms with E-state index in [9.17, 15) is 4.79 Å². The van der Waals surface area contributed by atoms with Crippen molar-refractivity contribution in [1.29, 1.82) is 0 Å². The molecular formula is C19H27FN2O2. The van der Waals surface area contributed by atoms with Crippen LogP contribution in [0.2, 0.25) is 0 Å². The molecule has 0 spiro atoms. The van der Waals surface area contributed by atoms with E-state index in [0.717, 1.165) is 5.56 Å². The lowest BCUT2D eigenvalue weighted by Crippen LogP contribution is -2.69. The number of fused-ring (bicyclic) bond motifs is 1. The predicted octanol–water partition coefficient (Wildman–Crippen LogP) is 3.83. The van der Waals surface area contributed by atoms with Gasteiger partial charge in [-0.25, -0.2) is 9.18 Å². The van der Waals surface area contributed by atoms with E-state index in [-0.39, 0.29) is 6.04 Å². The zero-order valence-corrected chi connectivity index (χ0v) is 14.9. The molecule has 1 aliphatic heterocycles. The Hall–Kier alpha value is -1.62. The summed E-state index contributed by atoms with van der Waals surface area (Å²) in [6.07, 6.45) is 0.611. The van der Waals surface area contributed by atoms with Gasteiger partial charge in [0.1, 0.15) is 11.3 Å². The van der Waals surface area contributed by atoms with E-state index >= 15 is 4.39 Å². The summed E-state index contributed by atoms with van der Waals surface area (Å²) in [6.45, 7) is 8.38. The van der Waals surface area contributed by atoms with Gasteiger partial charge in [-0.3, -0.25) is 4.90 Å². The average Bonchev–Trinajstić information content (AvgIpc) is 2.68. The molecule has 2 fully saturated rings. The van der Waals surface area contributed by atoms with E-state index in [2.05, 4.69) is 29.3 Å². The zero-order valence-electron chi connectivity index (χ0n) is 14.9. The zero-order chi connectivity index (χ0) is 17.6. The Morgan fingerprint density at radius 2 is 1.92 bits per heavy atom. The van der Waals surface area contributed by atoms with Crippen molar-refractivity contribution >= 4 is 6.09 Å². The lowest BCUT2D eigenvalue weighted by molar-refractivity contribution is -0.0305. The molecule has 3 rings (SSSR count). The molecule has 24 heavy (non-hydrogen) atoms. The van der Waals surface area contributed by atoms with E-state index in [1.165, 1.54) is 0 Å². The van der Waals surface area contributed by atoms with Gasteiger partial charge >= 0.3 is 6.09 Å². The first kappa shape index (κ1) is 17.2. The second-order valence-electron chi connectivity index (χ2n) is 8.17. The maximum Gasteiger partial charge on any atom is 0.408 e. The molecule has 0 bridgehead atoms. The van der Waals surface area contributed by atoms with Crippen LogP contribution in [-0.2, 0) is 4.74 Å². The van der Waals surface area contributed by atoms with Crippen LogP contribution in [0.5, 0.6) is 0 Å². The minimum atomic E-state index is -1.37. The summed E-state index contributed by atoms with van der Waals surface area (Å²) in [5.41, 5.74) is -1.61. The summed E-state index contributed by atoms with van der Waals surface area (Å²) >= 11 is 0. The number of alkyl halides is 1. The summed E-state index contributed by atoms with van der Waals surface area (Å²) in [7, 11) is 0. The summed E-state index contributed by atoms with van der Waals surface area (Å²) < 4.78 is 20.7. The second-order valence-corrected chi connectivity index (χ2v) is 8.17. The Morgan fingerprint density at radius 1 is 1.25 bits per heavy atom. The molecule has 4 nitrogen and oxygen atoms in total. The molecule has 0 radical (unpaired) electrons. The number of likely N-dealkylation sites (tertiary alicyclic amines) is 1. The molecule has 1 N–H and O–H groups in total. The first-order valence-corrected chi connectivity index (χ1v) is 8.63. The molecule has 2 aliphatic rings. The van der Waals surface area contributed by atoms with Crippen LogP contribution >= 0.6 is 0 Å². The number of hydrogen-bond donors (Lipinski definition) is 1. The van der Waals surface area contributed by atoms with Crippen molar-refractivity contribution < 1.29 is 13.9 Å². The predicted molar refractivity (Wildman–Crippen MR) is 91.6 cm³/mol. The lowest BCUT2D eigenvalue weighted by atomic mass is 9.66. The highest BCUT2D eigenvalue weighted by molar-refractivity contribution is 5.70. The van der Waals surface area contributed by atoms with Gasteiger partial charge in [0.15, 0.2) is 0 Å². The molecule has 1 saturated heterocycles. The van der Waals surface area contributed by atoms with Crippen LogP contribution in [0.4, 0.5) is 9.18 Å². The number of halogens is 1. The number of rotatable bonds is 3. The Balaban J connectivity index is 1.72. The Bertz CT molecular complexity index is 616. The van der Waals surface area contributed by atoms with Crippen LogP contribution < -0.4 is 5.32 Å². The molecular weight excluding hydrogens is 307 g/mol. The van der Waals surface area contributed by atoms with E-state index in [4.69, 9.17) is 4.74 Å². The fourth-order valence-electron chi connectivity index (χ4n) is 3.80. The van der Waals surface area contributed by atoms with Gasteiger partial charge in [-0.05, 0) is 46.1 Å². The topological polar surface area (TPSA) is 41.6 Å². The van der Waals surface area contributed by atoms with Crippen molar-refractivity contribution in [2.24, 2.45) is 0 Å². The first-order chi connectivity index (χ1) is 11.1. The van der Waals surface area contributed by atoms with E-state index in [0.29, 0.717) is 25.9 Å². The third-order valence-electron chi connectivity index (χ3n) is 5.30. The number of alkyl carbamates (subject to hydrolysis) is 1. The number of ether oxygens (including phenoxy) is 1. The molecule has 0 unspecified atom stereocenters. The highest BCUT2D eigenvalue weighted by Gasteiger charge is 2.67. The molecule has 1 aromatic rings. The molecule has 5 heteroatoms. The minimum Gasteiger partial charge on any atom is -0.444 e. The van der Waals surface area contributed by atoms with Crippen molar-refractivity contribution in [2.45, 2.75) is 63.4 Å². The van der Waals surface area contributed by atoms with E-state index < -0.39 is 22.9 Å². The third-order valence-corrected chi connectivity index (χ3v) is 5.30. The summed E-state index contributed by atoms with van der Waals surface area (Å²) in [6, 6.07) is 10.2. The van der Waals surface area contributed by atoms with Crippen molar-refractivity contribution in [1.82, 2.24) is 10.2 Å². The maximum atomic E-state index is 15.4. The number of benzene rings is 1. The largest absolute Gasteiger partial charge is 0.444 e. The monoisotopic (exact) mass is 334 g/mol. The first-order valence-electron chi connectivity index (χ1n) is 8.63. The van der Waals surface area contributed by atoms with Gasteiger partial charge < -0.3 is 10.1 Å². The van der Waals surface area contributed by atoms with Gasteiger partial charge in [-0.1, -0.05) is 30.3 Å². The van der Waals surface area contributed by atoms with Crippen molar-refractivity contribution in [2.75, 3.05) is 13.1 Å². The number of amides is 1. The van der Waals surface area contributed by atoms with Gasteiger partial charge in [-0.2, -0.15) is 0 Å². The Labute approximate surface area is 143 Å². The van der Waals surface area contributed by atoms with Crippen molar-refractivity contribution in [3.8, 4) is 0 Å². The number of nitrogens with one attached hydrogen (secondary N) is 1. The minimum absolute atomic E-state index is 0.113. The number of carbonyl (C=O) groups excluding carboxylic acids is 1. The van der Waals surface area contributed by atoms with Crippen molar-refractivity contribution in [3.63, 3.8) is 0 Å². The van der Waals surface area contributed by atoms with Crippen LogP contribution in [0.15, 0.2) is 30.3 Å². The van der Waals surface area contributed by atoms with Gasteiger partial charge in [0, 0.05) is 19.1 Å². The molecule has 0 aromatic heterocycles. The van der Waals surface area contributed by atoms with Crippen LogP contribution in [0.25, 0.3) is 0 Å². The number of nitrogens with zero attached hydrogens (tertiary/aromatic N) is 1. The smallest absolute Gasteiger partial charge is 0.408 e. The number of hydrogen-bond acceptors (Lipinski definition) is 3. The van der Waals surface area contributed by atoms with E-state index in [1.807, 2.05) is 39.0 Å². The fraction of sp³-hybridized carbons (Fsp3) is 0.632. The highest BCUT2D eigenvalue weighted by Crippen LogP contribution is 2.52. The Kier molecular flexibility index (Phi) is 4.11. The molecule has 1 saturated carbocycles. The SMILES string of the molecule is C[C@H](c1ccccc1)N1C[C@]2(F)CC[C@@]2(NC(=O)OC(C)(C)C)C1. The summed E-state index contributed by atoms with van der Waals surface area (Å²) in [4.78, 5) is 14.3. The van der Waals surface area contributed by atoms with E-state index in [1.54, 1.807) is 0 Å². The van der Waals surface area contributed by atoms with Crippen LogP contribution in [0.1, 0.15) is 52.1 Å². The van der Waals surface area contributed by atoms with Gasteiger partial charge in [0.05, 0.1) is 5.54 Å². The number of carbonyl (C=O) groups is 1. The highest BCUT2D eigenvalue weighted by atomic mass is 19.1. The molecule has 1 aliphatic carbocycles. The van der Waals surface area contributed by atoms with Crippen molar-refractivity contribution in [3.05, 3.63) is 35.9 Å².